The van der Waals surface area contributed by atoms with E-state index < -0.39 is 6.43 Å². The number of carbonyl (C=O) groups excluding carboxylic acids is 1. The van der Waals surface area contributed by atoms with Crippen LogP contribution < -0.4 is 15.5 Å². The van der Waals surface area contributed by atoms with Crippen molar-refractivity contribution >= 4 is 17.6 Å². The molecule has 1 fully saturated rings. The van der Waals surface area contributed by atoms with Crippen molar-refractivity contribution in [1.29, 1.82) is 5.41 Å². The number of amidine groups is 1. The zero-order valence-corrected chi connectivity index (χ0v) is 23.5. The number of carbonyl (C=O) groups is 1. The fourth-order valence-electron chi connectivity index (χ4n) is 5.79. The molecule has 0 bridgehead atoms. The summed E-state index contributed by atoms with van der Waals surface area (Å²) in [6.45, 7) is 6.75. The van der Waals surface area contributed by atoms with Gasteiger partial charge in [-0.25, -0.2) is 13.6 Å². The van der Waals surface area contributed by atoms with Crippen LogP contribution >= 0.6 is 0 Å². The van der Waals surface area contributed by atoms with Crippen LogP contribution in [0.3, 0.4) is 0 Å². The number of anilines is 1. The van der Waals surface area contributed by atoms with E-state index in [-0.39, 0.29) is 36.1 Å². The number of ether oxygens (including phenoxy) is 1. The number of amides is 2. The highest BCUT2D eigenvalue weighted by Crippen LogP contribution is 2.40. The van der Waals surface area contributed by atoms with Crippen LogP contribution in [0.5, 0.6) is 0 Å². The fraction of sp³-hybridized carbons (Fsp3) is 0.552. The van der Waals surface area contributed by atoms with E-state index in [1.165, 1.54) is 0 Å². The summed E-state index contributed by atoms with van der Waals surface area (Å²) in [6.07, 6.45) is 4.68. The van der Waals surface area contributed by atoms with E-state index in [0.29, 0.717) is 49.5 Å². The van der Waals surface area contributed by atoms with Crippen molar-refractivity contribution in [3.8, 4) is 11.1 Å². The lowest BCUT2D eigenvalue weighted by Crippen LogP contribution is -2.48. The largest absolute Gasteiger partial charge is 0.385 e. The van der Waals surface area contributed by atoms with Crippen LogP contribution in [0.4, 0.5) is 19.3 Å². The normalized spacial score (nSPS) is 18.4. The number of benzene rings is 1. The Morgan fingerprint density at radius 1 is 1.18 bits per heavy atom. The standard InChI is InChI=1S/C29H39F2N7O2/c1-18(2)38-16-20(15-34-38)22-13-19-5-4-9-37(26(19)14-23(22)27(30)31)28(32)24-17-36(29(39)33-3)10-6-25(24)35-21-7-11-40-12-8-21/h13-16,18,21,27,32,35H,4-12,17H2,1-3H3,(H,33,39). The zero-order valence-electron chi connectivity index (χ0n) is 23.5. The monoisotopic (exact) mass is 555 g/mol. The summed E-state index contributed by atoms with van der Waals surface area (Å²) < 4.78 is 36.2. The highest BCUT2D eigenvalue weighted by atomic mass is 19.3. The molecule has 0 unspecified atom stereocenters. The molecule has 0 radical (unpaired) electrons. The Kier molecular flexibility index (Phi) is 8.39. The molecule has 4 heterocycles. The smallest absolute Gasteiger partial charge is 0.317 e. The van der Waals surface area contributed by atoms with E-state index in [4.69, 9.17) is 4.74 Å². The van der Waals surface area contributed by atoms with Gasteiger partial charge in [-0.05, 0) is 62.8 Å². The van der Waals surface area contributed by atoms with E-state index in [9.17, 15) is 19.0 Å². The Bertz CT molecular complexity index is 1280. The molecule has 3 aliphatic heterocycles. The first-order valence-corrected chi connectivity index (χ1v) is 14.2. The van der Waals surface area contributed by atoms with E-state index in [0.717, 1.165) is 42.5 Å². The van der Waals surface area contributed by atoms with Gasteiger partial charge in [-0.15, -0.1) is 0 Å². The van der Waals surface area contributed by atoms with Crippen molar-refractivity contribution in [3.63, 3.8) is 0 Å². The first-order valence-electron chi connectivity index (χ1n) is 14.2. The Morgan fingerprint density at radius 3 is 2.62 bits per heavy atom. The molecule has 3 aliphatic rings. The van der Waals surface area contributed by atoms with Gasteiger partial charge in [0.25, 0.3) is 6.43 Å². The predicted octanol–water partition coefficient (Wildman–Crippen LogP) is 4.87. The van der Waals surface area contributed by atoms with Gasteiger partial charge in [0.2, 0.25) is 0 Å². The molecule has 1 aromatic heterocycles. The van der Waals surface area contributed by atoms with E-state index in [1.54, 1.807) is 28.9 Å². The number of hydrogen-bond acceptors (Lipinski definition) is 5. The average Bonchev–Trinajstić information content (AvgIpc) is 3.47. The second kappa shape index (κ2) is 12.0. The molecule has 0 saturated carbocycles. The number of rotatable bonds is 6. The summed E-state index contributed by atoms with van der Waals surface area (Å²) in [5, 5.41) is 20.0. The number of nitrogens with zero attached hydrogens (tertiary/aromatic N) is 4. The van der Waals surface area contributed by atoms with Crippen LogP contribution in [-0.4, -0.2) is 72.5 Å². The van der Waals surface area contributed by atoms with Crippen LogP contribution in [0.25, 0.3) is 11.1 Å². The lowest BCUT2D eigenvalue weighted by atomic mass is 9.92. The molecule has 0 aliphatic carbocycles. The van der Waals surface area contributed by atoms with Crippen LogP contribution in [0, 0.1) is 5.41 Å². The van der Waals surface area contributed by atoms with Crippen LogP contribution in [0.1, 0.15) is 63.1 Å². The fourth-order valence-corrected chi connectivity index (χ4v) is 5.79. The second-order valence-corrected chi connectivity index (χ2v) is 11.0. The molecule has 5 rings (SSSR count). The van der Waals surface area contributed by atoms with Gasteiger partial charge in [-0.3, -0.25) is 10.1 Å². The van der Waals surface area contributed by atoms with Gasteiger partial charge >= 0.3 is 6.03 Å². The quantitative estimate of drug-likeness (QED) is 0.349. The zero-order chi connectivity index (χ0) is 28.4. The Morgan fingerprint density at radius 2 is 1.95 bits per heavy atom. The Hall–Kier alpha value is -3.47. The number of aryl methyl sites for hydroxylation is 1. The molecule has 216 valence electrons. The summed E-state index contributed by atoms with van der Waals surface area (Å²) in [7, 11) is 1.60. The summed E-state index contributed by atoms with van der Waals surface area (Å²) >= 11 is 0. The first-order chi connectivity index (χ1) is 19.3. The third-order valence-electron chi connectivity index (χ3n) is 8.05. The van der Waals surface area contributed by atoms with Crippen LogP contribution in [-0.2, 0) is 11.2 Å². The molecule has 40 heavy (non-hydrogen) atoms. The molecule has 0 spiro atoms. The van der Waals surface area contributed by atoms with Gasteiger partial charge in [0, 0.05) is 86.1 Å². The van der Waals surface area contributed by atoms with Crippen molar-refractivity contribution < 1.29 is 18.3 Å². The number of alkyl halides is 2. The third-order valence-corrected chi connectivity index (χ3v) is 8.05. The maximum atomic E-state index is 14.5. The number of nitrogens with one attached hydrogen (secondary N) is 3. The molecule has 0 atom stereocenters. The summed E-state index contributed by atoms with van der Waals surface area (Å²) in [4.78, 5) is 16.1. The van der Waals surface area contributed by atoms with Gasteiger partial charge in [-0.1, -0.05) is 0 Å². The lowest BCUT2D eigenvalue weighted by Gasteiger charge is -2.38. The third kappa shape index (κ3) is 5.70. The maximum absolute atomic E-state index is 14.5. The molecule has 2 amide bonds. The first kappa shape index (κ1) is 28.1. The molecular formula is C29H39F2N7O2. The summed E-state index contributed by atoms with van der Waals surface area (Å²) in [5.41, 5.74) is 4.35. The summed E-state index contributed by atoms with van der Waals surface area (Å²) in [5.74, 6) is 0.254. The van der Waals surface area contributed by atoms with Gasteiger partial charge in [-0.2, -0.15) is 5.10 Å². The number of urea groups is 1. The minimum Gasteiger partial charge on any atom is -0.385 e. The predicted molar refractivity (Wildman–Crippen MR) is 151 cm³/mol. The van der Waals surface area contributed by atoms with Crippen LogP contribution in [0.15, 0.2) is 35.8 Å². The van der Waals surface area contributed by atoms with Gasteiger partial charge in [0.1, 0.15) is 5.84 Å². The lowest BCUT2D eigenvalue weighted by molar-refractivity contribution is 0.0798. The van der Waals surface area contributed by atoms with Crippen molar-refractivity contribution in [3.05, 3.63) is 46.9 Å². The van der Waals surface area contributed by atoms with E-state index in [2.05, 4.69) is 15.7 Å². The summed E-state index contributed by atoms with van der Waals surface area (Å²) in [6, 6.07) is 3.58. The molecule has 1 aromatic carbocycles. The van der Waals surface area contributed by atoms with Crippen LogP contribution in [0.2, 0.25) is 0 Å². The Balaban J connectivity index is 1.51. The van der Waals surface area contributed by atoms with Gasteiger partial charge in [0.05, 0.1) is 12.7 Å². The minimum absolute atomic E-state index is 0.0630. The van der Waals surface area contributed by atoms with Crippen molar-refractivity contribution in [1.82, 2.24) is 25.3 Å². The Labute approximate surface area is 234 Å². The molecule has 11 heteroatoms. The minimum atomic E-state index is -2.68. The van der Waals surface area contributed by atoms with Gasteiger partial charge < -0.3 is 25.2 Å². The van der Waals surface area contributed by atoms with E-state index in [1.807, 2.05) is 31.0 Å². The maximum Gasteiger partial charge on any atom is 0.317 e. The number of fused-ring (bicyclic) bond motifs is 1. The molecule has 2 aromatic rings. The number of hydrogen-bond donors (Lipinski definition) is 3. The van der Waals surface area contributed by atoms with Crippen molar-refractivity contribution in [2.75, 3.05) is 44.8 Å². The second-order valence-electron chi connectivity index (χ2n) is 11.0. The highest BCUT2D eigenvalue weighted by molar-refractivity contribution is 6.09. The molecular weight excluding hydrogens is 516 g/mol. The van der Waals surface area contributed by atoms with E-state index >= 15 is 0 Å². The number of aromatic nitrogens is 2. The number of halogens is 2. The average molecular weight is 556 g/mol. The SMILES string of the molecule is CNC(=O)N1CCC(NC2CCOCC2)=C(C(=N)N2CCCc3cc(-c4cnn(C(C)C)c4)c(C(F)F)cc32)C1. The molecule has 3 N–H and O–H groups in total. The molecule has 9 nitrogen and oxygen atoms in total. The van der Waals surface area contributed by atoms with Gasteiger partial charge in [0.15, 0.2) is 0 Å². The molecule has 1 saturated heterocycles. The highest BCUT2D eigenvalue weighted by Gasteiger charge is 2.32. The van der Waals surface area contributed by atoms with Crippen molar-refractivity contribution in [2.45, 2.75) is 64.5 Å². The topological polar surface area (TPSA) is 98.5 Å². The van der Waals surface area contributed by atoms with Crippen molar-refractivity contribution in [2.24, 2.45) is 0 Å².